The number of ether oxygens (including phenoxy) is 2. The summed E-state index contributed by atoms with van der Waals surface area (Å²) in [5.74, 6) is 0. The summed E-state index contributed by atoms with van der Waals surface area (Å²) in [4.78, 5) is 0. The van der Waals surface area contributed by atoms with E-state index in [1.54, 1.807) is 0 Å². The minimum Gasteiger partial charge on any atom is -0.374 e. The maximum absolute atomic E-state index is 12.1. The molecule has 41 heavy (non-hydrogen) atoms. The Labute approximate surface area is 250 Å². The van der Waals surface area contributed by atoms with Gasteiger partial charge in [-0.25, -0.2) is 0 Å². The quantitative estimate of drug-likeness (QED) is 0.0700. The molecular weight excluding hydrogens is 532 g/mol. The van der Waals surface area contributed by atoms with Crippen LogP contribution in [0.3, 0.4) is 0 Å². The Bertz CT molecular complexity index is 1050. The summed E-state index contributed by atoms with van der Waals surface area (Å²) < 4.78 is 41.7. The van der Waals surface area contributed by atoms with Gasteiger partial charge in [0.1, 0.15) is 12.2 Å². The van der Waals surface area contributed by atoms with E-state index < -0.39 is 22.3 Å². The number of rotatable bonds is 24. The van der Waals surface area contributed by atoms with Gasteiger partial charge in [0.2, 0.25) is 0 Å². The lowest BCUT2D eigenvalue weighted by Gasteiger charge is -2.24. The van der Waals surface area contributed by atoms with Gasteiger partial charge in [0.05, 0.1) is 26.1 Å². The van der Waals surface area contributed by atoms with Crippen LogP contribution in [0.15, 0.2) is 85.0 Å². The molecule has 0 radical (unpaired) electrons. The zero-order valence-electron chi connectivity index (χ0n) is 25.3. The van der Waals surface area contributed by atoms with Crippen LogP contribution in [0.25, 0.3) is 0 Å². The molecule has 228 valence electrons. The molecule has 2 aromatic rings. The molecule has 0 saturated carbocycles. The summed E-state index contributed by atoms with van der Waals surface area (Å²) >= 11 is 0. The molecule has 0 aliphatic rings. The fourth-order valence-electron chi connectivity index (χ4n) is 4.60. The van der Waals surface area contributed by atoms with Crippen LogP contribution >= 0.6 is 0 Å². The predicted octanol–water partition coefficient (Wildman–Crippen LogP) is 8.95. The van der Waals surface area contributed by atoms with Crippen LogP contribution in [-0.4, -0.2) is 33.5 Å². The van der Waals surface area contributed by atoms with Gasteiger partial charge in [0, 0.05) is 0 Å². The number of allylic oxidation sites excluding steroid dienone is 3. The first-order valence-electron chi connectivity index (χ1n) is 15.5. The summed E-state index contributed by atoms with van der Waals surface area (Å²) in [5.41, 5.74) is 2.01. The Kier molecular flexibility index (Phi) is 19.1. The van der Waals surface area contributed by atoms with Crippen molar-refractivity contribution in [2.75, 3.05) is 12.9 Å². The van der Waals surface area contributed by atoms with Gasteiger partial charge < -0.3 is 9.47 Å². The summed E-state index contributed by atoms with van der Waals surface area (Å²) in [7, 11) is -3.72. The van der Waals surface area contributed by atoms with E-state index in [0.29, 0.717) is 13.2 Å². The van der Waals surface area contributed by atoms with Gasteiger partial charge in [-0.3, -0.25) is 4.18 Å². The molecule has 0 fully saturated rings. The Morgan fingerprint density at radius 1 is 0.707 bits per heavy atom. The average molecular weight is 585 g/mol. The van der Waals surface area contributed by atoms with Crippen molar-refractivity contribution < 1.29 is 22.1 Å². The highest BCUT2D eigenvalue weighted by Gasteiger charge is 2.25. The molecule has 0 N–H and O–H groups in total. The highest BCUT2D eigenvalue weighted by Crippen LogP contribution is 2.15. The molecule has 0 spiro atoms. The summed E-state index contributed by atoms with van der Waals surface area (Å²) in [6.07, 6.45) is 23.3. The summed E-state index contributed by atoms with van der Waals surface area (Å²) in [6, 6.07) is 19.6. The molecular formula is C35H52O5S. The molecule has 0 saturated heterocycles. The monoisotopic (exact) mass is 584 g/mol. The Morgan fingerprint density at radius 3 is 1.80 bits per heavy atom. The van der Waals surface area contributed by atoms with Crippen LogP contribution in [0, 0.1) is 0 Å². The van der Waals surface area contributed by atoms with Gasteiger partial charge in [0.15, 0.2) is 0 Å². The SMILES string of the molecule is CCCCCCCCCCCCC/C=C\C=C\[C@@H](OCc1ccccc1)[C@@H](COCc1ccccc1)OS(C)(=O)=O. The molecule has 0 aliphatic carbocycles. The van der Waals surface area contributed by atoms with Crippen LogP contribution in [0.5, 0.6) is 0 Å². The molecule has 0 unspecified atom stereocenters. The maximum Gasteiger partial charge on any atom is 0.264 e. The molecule has 0 bridgehead atoms. The van der Waals surface area contributed by atoms with E-state index in [4.69, 9.17) is 13.7 Å². The van der Waals surface area contributed by atoms with Crippen molar-refractivity contribution in [1.29, 1.82) is 0 Å². The van der Waals surface area contributed by atoms with Crippen LogP contribution in [-0.2, 0) is 37.0 Å². The molecule has 0 aromatic heterocycles. The van der Waals surface area contributed by atoms with Crippen molar-refractivity contribution in [3.63, 3.8) is 0 Å². The number of unbranched alkanes of at least 4 members (excludes halogenated alkanes) is 11. The Balaban J connectivity index is 1.84. The standard InChI is InChI=1S/C35H52O5S/c1-3-4-5-6-7-8-9-10-11-12-13-14-15-16-23-28-34(39-30-33-26-21-18-22-27-33)35(40-41(2,36)37)31-38-29-32-24-19-17-20-25-32/h15-28,34-35H,3-14,29-31H2,1-2H3/b16-15-,28-23+/t34-,35-/m1/s1. The first kappa shape index (κ1) is 34.9. The van der Waals surface area contributed by atoms with E-state index in [-0.39, 0.29) is 6.61 Å². The Morgan fingerprint density at radius 2 is 1.24 bits per heavy atom. The van der Waals surface area contributed by atoms with Crippen molar-refractivity contribution in [3.05, 3.63) is 96.1 Å². The van der Waals surface area contributed by atoms with Crippen molar-refractivity contribution >= 4 is 10.1 Å². The lowest BCUT2D eigenvalue weighted by atomic mass is 10.1. The maximum atomic E-state index is 12.1. The number of hydrogen-bond donors (Lipinski definition) is 0. The summed E-state index contributed by atoms with van der Waals surface area (Å²) in [5, 5.41) is 0. The zero-order chi connectivity index (χ0) is 29.4. The van der Waals surface area contributed by atoms with E-state index in [9.17, 15) is 8.42 Å². The normalized spacial score (nSPS) is 13.7. The second-order valence-electron chi connectivity index (χ2n) is 10.7. The predicted molar refractivity (Wildman–Crippen MR) is 170 cm³/mol. The molecule has 5 nitrogen and oxygen atoms in total. The molecule has 2 atom stereocenters. The van der Waals surface area contributed by atoms with Crippen LogP contribution in [0.2, 0.25) is 0 Å². The number of hydrogen-bond acceptors (Lipinski definition) is 5. The van der Waals surface area contributed by atoms with E-state index in [1.807, 2.05) is 78.9 Å². The molecule has 2 rings (SSSR count). The lowest BCUT2D eigenvalue weighted by Crippen LogP contribution is -2.36. The van der Waals surface area contributed by atoms with Crippen molar-refractivity contribution in [2.24, 2.45) is 0 Å². The van der Waals surface area contributed by atoms with Crippen LogP contribution in [0.1, 0.15) is 95.1 Å². The third-order valence-corrected chi connectivity index (χ3v) is 7.46. The van der Waals surface area contributed by atoms with Crippen LogP contribution in [0.4, 0.5) is 0 Å². The van der Waals surface area contributed by atoms with E-state index in [2.05, 4.69) is 13.0 Å². The topological polar surface area (TPSA) is 61.8 Å². The van der Waals surface area contributed by atoms with Crippen LogP contribution < -0.4 is 0 Å². The van der Waals surface area contributed by atoms with Crippen molar-refractivity contribution in [3.8, 4) is 0 Å². The van der Waals surface area contributed by atoms with E-state index >= 15 is 0 Å². The minimum absolute atomic E-state index is 0.0776. The van der Waals surface area contributed by atoms with Gasteiger partial charge >= 0.3 is 0 Å². The fourth-order valence-corrected chi connectivity index (χ4v) is 5.21. The molecule has 0 aliphatic heterocycles. The van der Waals surface area contributed by atoms with E-state index in [1.165, 1.54) is 70.6 Å². The fraction of sp³-hybridized carbons (Fsp3) is 0.543. The van der Waals surface area contributed by atoms with E-state index in [0.717, 1.165) is 23.8 Å². The van der Waals surface area contributed by atoms with Gasteiger partial charge in [-0.1, -0.05) is 156 Å². The number of benzene rings is 2. The van der Waals surface area contributed by atoms with Gasteiger partial charge in [-0.15, -0.1) is 0 Å². The lowest BCUT2D eigenvalue weighted by molar-refractivity contribution is -0.0460. The molecule has 0 heterocycles. The average Bonchev–Trinajstić information content (AvgIpc) is 2.96. The van der Waals surface area contributed by atoms with Gasteiger partial charge in [0.25, 0.3) is 10.1 Å². The largest absolute Gasteiger partial charge is 0.374 e. The van der Waals surface area contributed by atoms with Gasteiger partial charge in [-0.2, -0.15) is 8.42 Å². The first-order valence-corrected chi connectivity index (χ1v) is 17.3. The minimum atomic E-state index is -3.72. The summed E-state index contributed by atoms with van der Waals surface area (Å²) in [6.45, 7) is 3.04. The molecule has 6 heteroatoms. The third kappa shape index (κ3) is 18.7. The zero-order valence-corrected chi connectivity index (χ0v) is 26.1. The Hall–Kier alpha value is -2.25. The molecule has 0 amide bonds. The highest BCUT2D eigenvalue weighted by atomic mass is 32.2. The molecule has 2 aromatic carbocycles. The van der Waals surface area contributed by atoms with Crippen molar-refractivity contribution in [1.82, 2.24) is 0 Å². The third-order valence-electron chi connectivity index (χ3n) is 6.87. The second kappa shape index (κ2) is 22.4. The first-order chi connectivity index (χ1) is 20.0. The second-order valence-corrected chi connectivity index (χ2v) is 12.3. The highest BCUT2D eigenvalue weighted by molar-refractivity contribution is 7.86. The smallest absolute Gasteiger partial charge is 0.264 e. The van der Waals surface area contributed by atoms with Crippen molar-refractivity contribution in [2.45, 2.75) is 109 Å². The van der Waals surface area contributed by atoms with Gasteiger partial charge in [-0.05, 0) is 24.0 Å².